The van der Waals surface area contributed by atoms with Gasteiger partial charge in [-0.2, -0.15) is 0 Å². The fourth-order valence-electron chi connectivity index (χ4n) is 1.52. The molecule has 0 saturated heterocycles. The van der Waals surface area contributed by atoms with Crippen molar-refractivity contribution < 1.29 is 19.7 Å². The molecule has 22 heavy (non-hydrogen) atoms. The summed E-state index contributed by atoms with van der Waals surface area (Å²) in [5, 5.41) is 25.9. The summed E-state index contributed by atoms with van der Waals surface area (Å²) in [7, 11) is 0. The van der Waals surface area contributed by atoms with Gasteiger partial charge < -0.3 is 30.3 Å². The Balaban J connectivity index is 3.46. The Morgan fingerprint density at radius 2 is 1.05 bits per heavy atom. The van der Waals surface area contributed by atoms with Crippen molar-refractivity contribution in [3.05, 3.63) is 0 Å². The second-order valence-corrected chi connectivity index (χ2v) is 7.72. The molecule has 0 aliphatic heterocycles. The van der Waals surface area contributed by atoms with Crippen LogP contribution >= 0.6 is 0 Å². The molecule has 0 fully saturated rings. The van der Waals surface area contributed by atoms with Gasteiger partial charge in [-0.05, 0) is 41.5 Å². The number of hydrogen-bond donors (Lipinski definition) is 4. The van der Waals surface area contributed by atoms with E-state index >= 15 is 0 Å². The highest BCUT2D eigenvalue weighted by Crippen LogP contribution is 1.99. The van der Waals surface area contributed by atoms with Gasteiger partial charge in [0, 0.05) is 24.2 Å². The second-order valence-electron chi connectivity index (χ2n) is 7.72. The van der Waals surface area contributed by atoms with E-state index in [1.807, 2.05) is 41.5 Å². The van der Waals surface area contributed by atoms with Crippen LogP contribution in [0.5, 0.6) is 0 Å². The first-order valence-electron chi connectivity index (χ1n) is 8.01. The number of rotatable bonds is 11. The fourth-order valence-corrected chi connectivity index (χ4v) is 1.52. The van der Waals surface area contributed by atoms with Gasteiger partial charge in [-0.25, -0.2) is 0 Å². The summed E-state index contributed by atoms with van der Waals surface area (Å²) in [4.78, 5) is 0. The molecule has 0 rings (SSSR count). The Morgan fingerprint density at radius 3 is 1.32 bits per heavy atom. The summed E-state index contributed by atoms with van der Waals surface area (Å²) in [6.45, 7) is 14.7. The Labute approximate surface area is 135 Å². The van der Waals surface area contributed by atoms with E-state index in [-0.39, 0.29) is 24.3 Å². The molecule has 6 heteroatoms. The van der Waals surface area contributed by atoms with Crippen molar-refractivity contribution in [2.45, 2.75) is 64.8 Å². The quantitative estimate of drug-likeness (QED) is 0.416. The van der Waals surface area contributed by atoms with Crippen LogP contribution in [0, 0.1) is 0 Å². The summed E-state index contributed by atoms with van der Waals surface area (Å²) >= 11 is 0. The van der Waals surface area contributed by atoms with E-state index in [9.17, 15) is 10.2 Å². The van der Waals surface area contributed by atoms with Crippen LogP contribution in [-0.2, 0) is 9.47 Å². The van der Waals surface area contributed by atoms with Crippen LogP contribution < -0.4 is 10.6 Å². The third kappa shape index (κ3) is 16.1. The molecule has 0 heterocycles. The monoisotopic (exact) mass is 320 g/mol. The normalized spacial score (nSPS) is 15.8. The first kappa shape index (κ1) is 21.8. The maximum absolute atomic E-state index is 9.73. The van der Waals surface area contributed by atoms with Crippen molar-refractivity contribution in [3.8, 4) is 0 Å². The third-order valence-electron chi connectivity index (χ3n) is 2.73. The van der Waals surface area contributed by atoms with E-state index in [1.165, 1.54) is 0 Å². The maximum atomic E-state index is 9.73. The molecule has 0 aromatic heterocycles. The highest BCUT2D eigenvalue weighted by atomic mass is 16.5. The van der Waals surface area contributed by atoms with E-state index in [1.54, 1.807) is 0 Å². The van der Waals surface area contributed by atoms with E-state index in [0.717, 1.165) is 0 Å². The number of nitrogens with one attached hydrogen (secondary N) is 2. The van der Waals surface area contributed by atoms with Crippen molar-refractivity contribution >= 4 is 0 Å². The van der Waals surface area contributed by atoms with Gasteiger partial charge in [0.05, 0.1) is 38.6 Å². The van der Waals surface area contributed by atoms with Gasteiger partial charge in [0.25, 0.3) is 0 Å². The predicted molar refractivity (Wildman–Crippen MR) is 89.2 cm³/mol. The summed E-state index contributed by atoms with van der Waals surface area (Å²) in [6.07, 6.45) is -1.05. The van der Waals surface area contributed by atoms with E-state index < -0.39 is 12.2 Å². The van der Waals surface area contributed by atoms with Gasteiger partial charge in [0.1, 0.15) is 0 Å². The zero-order valence-electron chi connectivity index (χ0n) is 15.1. The van der Waals surface area contributed by atoms with Gasteiger partial charge in [-0.1, -0.05) is 0 Å². The summed E-state index contributed by atoms with van der Waals surface area (Å²) in [6, 6.07) is 0. The van der Waals surface area contributed by atoms with Crippen LogP contribution in [0.2, 0.25) is 0 Å². The lowest BCUT2D eigenvalue weighted by molar-refractivity contribution is -0.0177. The fraction of sp³-hybridized carbons (Fsp3) is 1.00. The van der Waals surface area contributed by atoms with Crippen LogP contribution in [0.3, 0.4) is 0 Å². The Morgan fingerprint density at radius 1 is 0.727 bits per heavy atom. The number of aliphatic hydroxyl groups excluding tert-OH is 2. The van der Waals surface area contributed by atoms with Gasteiger partial charge in [0.2, 0.25) is 0 Å². The van der Waals surface area contributed by atoms with Crippen LogP contribution in [0.15, 0.2) is 0 Å². The molecule has 0 aromatic carbocycles. The molecule has 0 bridgehead atoms. The molecular weight excluding hydrogens is 284 g/mol. The topological polar surface area (TPSA) is 83.0 Å². The minimum absolute atomic E-state index is 0.0126. The molecule has 0 aliphatic rings. The minimum atomic E-state index is -0.527. The predicted octanol–water partition coefficient (Wildman–Crippen LogP) is 0.518. The molecule has 6 nitrogen and oxygen atoms in total. The molecule has 2 atom stereocenters. The Hall–Kier alpha value is -0.240. The van der Waals surface area contributed by atoms with Crippen molar-refractivity contribution in [3.63, 3.8) is 0 Å². The smallest absolute Gasteiger partial charge is 0.0897 e. The molecular formula is C16H36N2O4. The number of β-amino-alcohol motifs (C(OH)–C–C–N with tert-alkyl or cyclic N) is 2. The van der Waals surface area contributed by atoms with Gasteiger partial charge in [-0.3, -0.25) is 0 Å². The largest absolute Gasteiger partial charge is 0.389 e. The van der Waals surface area contributed by atoms with Crippen molar-refractivity contribution in [1.82, 2.24) is 10.6 Å². The first-order valence-corrected chi connectivity index (χ1v) is 8.01. The maximum Gasteiger partial charge on any atom is 0.0897 e. The lowest BCUT2D eigenvalue weighted by Gasteiger charge is -2.23. The summed E-state index contributed by atoms with van der Waals surface area (Å²) < 4.78 is 10.7. The molecule has 0 saturated carbocycles. The molecule has 134 valence electrons. The Kier molecular flexibility index (Phi) is 10.4. The molecule has 0 aromatic rings. The van der Waals surface area contributed by atoms with Crippen molar-refractivity contribution in [1.29, 1.82) is 0 Å². The van der Waals surface area contributed by atoms with E-state index in [4.69, 9.17) is 9.47 Å². The highest BCUT2D eigenvalue weighted by Gasteiger charge is 2.13. The van der Waals surface area contributed by atoms with E-state index in [0.29, 0.717) is 26.3 Å². The molecule has 4 N–H and O–H groups in total. The van der Waals surface area contributed by atoms with Gasteiger partial charge in [-0.15, -0.1) is 0 Å². The zero-order chi connectivity index (χ0) is 17.2. The average molecular weight is 320 g/mol. The van der Waals surface area contributed by atoms with Gasteiger partial charge >= 0.3 is 0 Å². The molecule has 0 amide bonds. The summed E-state index contributed by atoms with van der Waals surface area (Å²) in [5.41, 5.74) is -0.0252. The minimum Gasteiger partial charge on any atom is -0.389 e. The zero-order valence-corrected chi connectivity index (χ0v) is 15.1. The van der Waals surface area contributed by atoms with Crippen LogP contribution in [-0.4, -0.2) is 73.0 Å². The van der Waals surface area contributed by atoms with Crippen LogP contribution in [0.25, 0.3) is 0 Å². The number of hydrogen-bond acceptors (Lipinski definition) is 6. The SMILES string of the molecule is CC(C)(C)NCC(O)COCCOCC(O)CNC(C)(C)C. The third-order valence-corrected chi connectivity index (χ3v) is 2.73. The van der Waals surface area contributed by atoms with Crippen LogP contribution in [0.1, 0.15) is 41.5 Å². The lowest BCUT2D eigenvalue weighted by Crippen LogP contribution is -2.42. The Bertz CT molecular complexity index is 246. The average Bonchev–Trinajstić information content (AvgIpc) is 2.36. The first-order chi connectivity index (χ1) is 9.99. The lowest BCUT2D eigenvalue weighted by atomic mass is 10.1. The highest BCUT2D eigenvalue weighted by molar-refractivity contribution is 4.73. The standard InChI is InChI=1S/C16H36N2O4/c1-15(2,3)17-9-13(19)11-21-7-8-22-12-14(20)10-18-16(4,5)6/h13-14,17-20H,7-12H2,1-6H3. The van der Waals surface area contributed by atoms with Gasteiger partial charge in [0.15, 0.2) is 0 Å². The molecule has 0 radical (unpaired) electrons. The van der Waals surface area contributed by atoms with E-state index in [2.05, 4.69) is 10.6 Å². The van der Waals surface area contributed by atoms with Crippen molar-refractivity contribution in [2.24, 2.45) is 0 Å². The van der Waals surface area contributed by atoms with Crippen LogP contribution in [0.4, 0.5) is 0 Å². The van der Waals surface area contributed by atoms with Crippen molar-refractivity contribution in [2.75, 3.05) is 39.5 Å². The number of ether oxygens (including phenoxy) is 2. The summed E-state index contributed by atoms with van der Waals surface area (Å²) in [5.74, 6) is 0. The second kappa shape index (κ2) is 10.5. The molecule has 0 spiro atoms. The molecule has 0 aliphatic carbocycles. The number of aliphatic hydroxyl groups is 2. The molecule has 2 unspecified atom stereocenters.